The van der Waals surface area contributed by atoms with Gasteiger partial charge in [-0.1, -0.05) is 12.1 Å². The van der Waals surface area contributed by atoms with Crippen molar-refractivity contribution in [2.75, 3.05) is 53.5 Å². The Bertz CT molecular complexity index is 884. The van der Waals surface area contributed by atoms with Crippen molar-refractivity contribution < 1.29 is 14.0 Å². The van der Waals surface area contributed by atoms with Gasteiger partial charge in [0.05, 0.1) is 19.9 Å². The summed E-state index contributed by atoms with van der Waals surface area (Å²) in [6.45, 7) is 14.4. The highest BCUT2D eigenvalue weighted by atomic mass is 16.5. The number of rotatable bonds is 8. The lowest BCUT2D eigenvalue weighted by Crippen LogP contribution is -2.52. The summed E-state index contributed by atoms with van der Waals surface area (Å²) in [6, 6.07) is 5.97. The van der Waals surface area contributed by atoms with Gasteiger partial charge in [-0.15, -0.1) is 0 Å². The topological polar surface area (TPSA) is 75.4 Å². The molecule has 2 heterocycles. The van der Waals surface area contributed by atoms with Gasteiger partial charge in [0.1, 0.15) is 17.3 Å². The molecule has 1 saturated heterocycles. The smallest absolute Gasteiger partial charge is 0.194 e. The maximum atomic E-state index is 5.55. The SMILES string of the molecule is CCNC(=NCC(C)c1c(C)noc1C)N1CCN(Cc2cc(OC)ccc2OC)CC1. The molecule has 32 heavy (non-hydrogen) atoms. The molecule has 3 rings (SSSR count). The largest absolute Gasteiger partial charge is 0.497 e. The molecule has 0 amide bonds. The summed E-state index contributed by atoms with van der Waals surface area (Å²) in [5, 5.41) is 7.55. The van der Waals surface area contributed by atoms with Crippen LogP contribution in [0.2, 0.25) is 0 Å². The molecule has 8 heteroatoms. The molecule has 1 atom stereocenters. The molecule has 0 aliphatic carbocycles. The monoisotopic (exact) mass is 443 g/mol. The quantitative estimate of drug-likeness (QED) is 0.496. The van der Waals surface area contributed by atoms with Crippen LogP contribution in [0.3, 0.4) is 0 Å². The van der Waals surface area contributed by atoms with E-state index in [1.807, 2.05) is 26.0 Å². The molecule has 1 unspecified atom stereocenters. The van der Waals surface area contributed by atoms with Gasteiger partial charge >= 0.3 is 0 Å². The summed E-state index contributed by atoms with van der Waals surface area (Å²) in [6.07, 6.45) is 0. The summed E-state index contributed by atoms with van der Waals surface area (Å²) in [5.41, 5.74) is 3.27. The lowest BCUT2D eigenvalue weighted by molar-refractivity contribution is 0.171. The van der Waals surface area contributed by atoms with Gasteiger partial charge in [-0.05, 0) is 39.0 Å². The van der Waals surface area contributed by atoms with Gasteiger partial charge in [-0.3, -0.25) is 9.89 Å². The van der Waals surface area contributed by atoms with Crippen molar-refractivity contribution in [3.05, 3.63) is 40.8 Å². The van der Waals surface area contributed by atoms with Gasteiger partial charge in [0.2, 0.25) is 0 Å². The van der Waals surface area contributed by atoms with Crippen molar-refractivity contribution in [1.82, 2.24) is 20.3 Å². The van der Waals surface area contributed by atoms with Gasteiger partial charge in [0.15, 0.2) is 5.96 Å². The zero-order chi connectivity index (χ0) is 23.1. The van der Waals surface area contributed by atoms with Gasteiger partial charge in [0, 0.05) is 62.9 Å². The molecule has 176 valence electrons. The first-order valence-corrected chi connectivity index (χ1v) is 11.4. The minimum absolute atomic E-state index is 0.261. The van der Waals surface area contributed by atoms with Crippen LogP contribution in [0.4, 0.5) is 0 Å². The minimum Gasteiger partial charge on any atom is -0.497 e. The maximum Gasteiger partial charge on any atom is 0.194 e. The predicted octanol–water partition coefficient (Wildman–Crippen LogP) is 3.20. The second kappa shape index (κ2) is 11.2. The van der Waals surface area contributed by atoms with E-state index in [0.717, 1.165) is 73.7 Å². The first kappa shape index (κ1) is 23.9. The third-order valence-corrected chi connectivity index (χ3v) is 5.98. The fraction of sp³-hybridized carbons (Fsp3) is 0.583. The fourth-order valence-electron chi connectivity index (χ4n) is 4.30. The Morgan fingerprint density at radius 3 is 2.53 bits per heavy atom. The number of methoxy groups -OCH3 is 2. The van der Waals surface area contributed by atoms with E-state index in [0.29, 0.717) is 6.54 Å². The molecule has 0 spiro atoms. The number of aromatic nitrogens is 1. The van der Waals surface area contributed by atoms with Crippen molar-refractivity contribution in [2.45, 2.75) is 40.2 Å². The summed E-state index contributed by atoms with van der Waals surface area (Å²) < 4.78 is 16.3. The van der Waals surface area contributed by atoms with E-state index in [4.69, 9.17) is 19.0 Å². The van der Waals surface area contributed by atoms with E-state index in [2.05, 4.69) is 40.2 Å². The fourth-order valence-corrected chi connectivity index (χ4v) is 4.30. The first-order chi connectivity index (χ1) is 15.5. The minimum atomic E-state index is 0.261. The number of aryl methyl sites for hydroxylation is 2. The van der Waals surface area contributed by atoms with E-state index in [-0.39, 0.29) is 5.92 Å². The van der Waals surface area contributed by atoms with Crippen molar-refractivity contribution in [3.8, 4) is 11.5 Å². The van der Waals surface area contributed by atoms with Crippen LogP contribution in [-0.4, -0.2) is 74.4 Å². The summed E-state index contributed by atoms with van der Waals surface area (Å²) >= 11 is 0. The number of nitrogens with one attached hydrogen (secondary N) is 1. The maximum absolute atomic E-state index is 5.55. The Morgan fingerprint density at radius 2 is 1.94 bits per heavy atom. The van der Waals surface area contributed by atoms with Crippen LogP contribution in [-0.2, 0) is 6.54 Å². The number of ether oxygens (including phenoxy) is 2. The second-order valence-electron chi connectivity index (χ2n) is 8.27. The lowest BCUT2D eigenvalue weighted by atomic mass is 10.00. The molecule has 1 aromatic heterocycles. The third kappa shape index (κ3) is 5.73. The molecule has 1 aliphatic heterocycles. The molecule has 2 aromatic rings. The Morgan fingerprint density at radius 1 is 1.19 bits per heavy atom. The van der Waals surface area contributed by atoms with E-state index >= 15 is 0 Å². The van der Waals surface area contributed by atoms with Crippen LogP contribution in [0, 0.1) is 13.8 Å². The van der Waals surface area contributed by atoms with E-state index in [1.165, 1.54) is 5.56 Å². The molecule has 8 nitrogen and oxygen atoms in total. The second-order valence-corrected chi connectivity index (χ2v) is 8.27. The molecule has 0 radical (unpaired) electrons. The van der Waals surface area contributed by atoms with E-state index in [1.54, 1.807) is 14.2 Å². The Balaban J connectivity index is 1.61. The van der Waals surface area contributed by atoms with E-state index in [9.17, 15) is 0 Å². The average Bonchev–Trinajstić information content (AvgIpc) is 3.14. The molecule has 0 bridgehead atoms. The van der Waals surface area contributed by atoms with Crippen LogP contribution in [0.15, 0.2) is 27.7 Å². The third-order valence-electron chi connectivity index (χ3n) is 5.98. The Labute approximate surface area is 191 Å². The highest BCUT2D eigenvalue weighted by Crippen LogP contribution is 2.26. The molecule has 1 aliphatic rings. The molecule has 0 saturated carbocycles. The van der Waals surface area contributed by atoms with Crippen molar-refractivity contribution in [1.29, 1.82) is 0 Å². The number of benzene rings is 1. The number of hydrogen-bond acceptors (Lipinski definition) is 6. The zero-order valence-corrected chi connectivity index (χ0v) is 20.3. The summed E-state index contributed by atoms with van der Waals surface area (Å²) in [7, 11) is 3.41. The number of piperazine rings is 1. The molecule has 1 fully saturated rings. The van der Waals surface area contributed by atoms with Crippen LogP contribution in [0.1, 0.15) is 42.3 Å². The van der Waals surface area contributed by atoms with Crippen LogP contribution >= 0.6 is 0 Å². The molecular formula is C24H37N5O3. The Kier molecular flexibility index (Phi) is 8.39. The van der Waals surface area contributed by atoms with Crippen molar-refractivity contribution in [3.63, 3.8) is 0 Å². The molecule has 1 aromatic carbocycles. The number of hydrogen-bond donors (Lipinski definition) is 1. The predicted molar refractivity (Wildman–Crippen MR) is 127 cm³/mol. The lowest BCUT2D eigenvalue weighted by Gasteiger charge is -2.36. The van der Waals surface area contributed by atoms with Crippen molar-refractivity contribution in [2.24, 2.45) is 4.99 Å². The number of nitrogens with zero attached hydrogens (tertiary/aromatic N) is 4. The standard InChI is InChI=1S/C24H37N5O3/c1-7-25-24(26-15-17(2)23-18(3)27-32-19(23)4)29-12-10-28(11-13-29)16-20-14-21(30-5)8-9-22(20)31-6/h8-9,14,17H,7,10-13,15-16H2,1-6H3,(H,25,26). The van der Waals surface area contributed by atoms with Gasteiger partial charge in [-0.2, -0.15) is 0 Å². The van der Waals surface area contributed by atoms with Crippen LogP contribution < -0.4 is 14.8 Å². The van der Waals surface area contributed by atoms with E-state index < -0.39 is 0 Å². The molecular weight excluding hydrogens is 406 g/mol. The molecule has 1 N–H and O–H groups in total. The normalized spacial score (nSPS) is 16.2. The Hall–Kier alpha value is -2.74. The van der Waals surface area contributed by atoms with Crippen molar-refractivity contribution >= 4 is 5.96 Å². The number of guanidine groups is 1. The highest BCUT2D eigenvalue weighted by molar-refractivity contribution is 5.80. The van der Waals surface area contributed by atoms with Crippen LogP contribution in [0.5, 0.6) is 11.5 Å². The zero-order valence-electron chi connectivity index (χ0n) is 20.3. The summed E-state index contributed by atoms with van der Waals surface area (Å²) in [4.78, 5) is 9.74. The summed E-state index contributed by atoms with van der Waals surface area (Å²) in [5.74, 6) is 3.88. The average molecular weight is 444 g/mol. The number of aliphatic imine (C=N–C) groups is 1. The van der Waals surface area contributed by atoms with Gasteiger partial charge in [0.25, 0.3) is 0 Å². The van der Waals surface area contributed by atoms with Gasteiger partial charge in [-0.25, -0.2) is 0 Å². The highest BCUT2D eigenvalue weighted by Gasteiger charge is 2.22. The van der Waals surface area contributed by atoms with Crippen LogP contribution in [0.25, 0.3) is 0 Å². The van der Waals surface area contributed by atoms with Gasteiger partial charge < -0.3 is 24.2 Å². The first-order valence-electron chi connectivity index (χ1n) is 11.4.